The molecule has 166 valence electrons. The molecule has 2 heterocycles. The number of hydrogen-bond acceptors (Lipinski definition) is 7. The van der Waals surface area contributed by atoms with Gasteiger partial charge in [-0.2, -0.15) is 0 Å². The summed E-state index contributed by atoms with van der Waals surface area (Å²) in [6.07, 6.45) is 1.19. The Kier molecular flexibility index (Phi) is 6.39. The first-order valence-corrected chi connectivity index (χ1v) is 10.5. The van der Waals surface area contributed by atoms with Gasteiger partial charge in [-0.05, 0) is 25.1 Å². The summed E-state index contributed by atoms with van der Waals surface area (Å²) in [6, 6.07) is 15.0. The van der Waals surface area contributed by atoms with Gasteiger partial charge in [0.25, 0.3) is 5.91 Å². The van der Waals surface area contributed by atoms with Gasteiger partial charge in [0.05, 0.1) is 19.3 Å². The summed E-state index contributed by atoms with van der Waals surface area (Å²) in [6.45, 7) is 4.51. The molecular formula is C24H25N3O5. The predicted molar refractivity (Wildman–Crippen MR) is 119 cm³/mol. The molecule has 8 nitrogen and oxygen atoms in total. The zero-order valence-electron chi connectivity index (χ0n) is 18.1. The minimum atomic E-state index is -0.578. The van der Waals surface area contributed by atoms with Gasteiger partial charge in [0.1, 0.15) is 5.75 Å². The van der Waals surface area contributed by atoms with Crippen LogP contribution in [0.5, 0.6) is 5.75 Å². The Morgan fingerprint density at radius 1 is 1.06 bits per heavy atom. The van der Waals surface area contributed by atoms with Crippen LogP contribution in [0, 0.1) is 0 Å². The quantitative estimate of drug-likeness (QED) is 0.548. The Morgan fingerprint density at radius 2 is 1.84 bits per heavy atom. The zero-order valence-corrected chi connectivity index (χ0v) is 18.1. The SMILES string of the molecule is CCOC(=O)c1ncoc1-c1ccccc1C(=O)N1CCN(c2cccc(OC)c2)CC1. The number of hydrogen-bond donors (Lipinski definition) is 0. The van der Waals surface area contributed by atoms with Crippen LogP contribution in [0.1, 0.15) is 27.8 Å². The van der Waals surface area contributed by atoms with Crippen molar-refractivity contribution in [3.05, 3.63) is 66.2 Å². The lowest BCUT2D eigenvalue weighted by molar-refractivity contribution is 0.0520. The number of benzene rings is 2. The van der Waals surface area contributed by atoms with Gasteiger partial charge in [0.15, 0.2) is 17.8 Å². The zero-order chi connectivity index (χ0) is 22.5. The maximum absolute atomic E-state index is 13.4. The standard InChI is InChI=1S/C24H25N3O5/c1-3-31-24(29)21-22(32-16-25-21)19-9-4-5-10-20(19)23(28)27-13-11-26(12-14-27)17-7-6-8-18(15-17)30-2/h4-10,15-16H,3,11-14H2,1-2H3. The fraction of sp³-hybridized carbons (Fsp3) is 0.292. The number of piperazine rings is 1. The Bertz CT molecular complexity index is 1100. The topological polar surface area (TPSA) is 85.1 Å². The highest BCUT2D eigenvalue weighted by Gasteiger charge is 2.27. The number of rotatable bonds is 6. The fourth-order valence-electron chi connectivity index (χ4n) is 3.79. The van der Waals surface area contributed by atoms with E-state index in [1.807, 2.05) is 29.2 Å². The van der Waals surface area contributed by atoms with Gasteiger partial charge in [-0.1, -0.05) is 24.3 Å². The first-order chi connectivity index (χ1) is 15.6. The van der Waals surface area contributed by atoms with Crippen molar-refractivity contribution < 1.29 is 23.5 Å². The van der Waals surface area contributed by atoms with Crippen molar-refractivity contribution in [1.82, 2.24) is 9.88 Å². The van der Waals surface area contributed by atoms with E-state index in [1.54, 1.807) is 38.3 Å². The molecule has 8 heteroatoms. The number of aromatic nitrogens is 1. The molecule has 1 aromatic heterocycles. The number of methoxy groups -OCH3 is 1. The summed E-state index contributed by atoms with van der Waals surface area (Å²) in [5.41, 5.74) is 2.12. The molecule has 0 saturated carbocycles. The lowest BCUT2D eigenvalue weighted by Crippen LogP contribution is -2.48. The second-order valence-electron chi connectivity index (χ2n) is 7.28. The molecule has 0 spiro atoms. The van der Waals surface area contributed by atoms with Crippen molar-refractivity contribution >= 4 is 17.6 Å². The number of anilines is 1. The van der Waals surface area contributed by atoms with E-state index in [2.05, 4.69) is 9.88 Å². The van der Waals surface area contributed by atoms with Crippen LogP contribution in [-0.2, 0) is 4.74 Å². The van der Waals surface area contributed by atoms with Gasteiger partial charge in [-0.3, -0.25) is 4.79 Å². The number of amides is 1. The van der Waals surface area contributed by atoms with Crippen LogP contribution in [0.4, 0.5) is 5.69 Å². The maximum atomic E-state index is 13.4. The van der Waals surface area contributed by atoms with E-state index in [1.165, 1.54) is 6.39 Å². The summed E-state index contributed by atoms with van der Waals surface area (Å²) in [4.78, 5) is 33.7. The van der Waals surface area contributed by atoms with Gasteiger partial charge in [0.2, 0.25) is 0 Å². The minimum Gasteiger partial charge on any atom is -0.497 e. The van der Waals surface area contributed by atoms with Gasteiger partial charge in [-0.15, -0.1) is 0 Å². The molecule has 0 atom stereocenters. The number of carbonyl (C=O) groups is 2. The molecule has 1 aliphatic heterocycles. The molecule has 4 rings (SSSR count). The van der Waals surface area contributed by atoms with Gasteiger partial charge < -0.3 is 23.7 Å². The van der Waals surface area contributed by atoms with Crippen molar-refractivity contribution in [3.8, 4) is 17.1 Å². The molecule has 2 aromatic carbocycles. The van der Waals surface area contributed by atoms with Crippen LogP contribution >= 0.6 is 0 Å². The van der Waals surface area contributed by atoms with E-state index >= 15 is 0 Å². The molecule has 0 radical (unpaired) electrons. The Balaban J connectivity index is 1.52. The highest BCUT2D eigenvalue weighted by Crippen LogP contribution is 2.29. The lowest BCUT2D eigenvalue weighted by Gasteiger charge is -2.36. The predicted octanol–water partition coefficient (Wildman–Crippen LogP) is 3.49. The monoisotopic (exact) mass is 435 g/mol. The third kappa shape index (κ3) is 4.30. The van der Waals surface area contributed by atoms with Crippen LogP contribution in [0.15, 0.2) is 59.3 Å². The Labute approximate surface area is 186 Å². The van der Waals surface area contributed by atoms with E-state index < -0.39 is 5.97 Å². The molecule has 0 bridgehead atoms. The highest BCUT2D eigenvalue weighted by atomic mass is 16.5. The number of nitrogens with zero attached hydrogens (tertiary/aromatic N) is 3. The van der Waals surface area contributed by atoms with E-state index in [0.29, 0.717) is 37.3 Å². The Morgan fingerprint density at radius 3 is 2.59 bits per heavy atom. The summed E-state index contributed by atoms with van der Waals surface area (Å²) in [5, 5.41) is 0. The molecule has 32 heavy (non-hydrogen) atoms. The van der Waals surface area contributed by atoms with Crippen molar-refractivity contribution in [2.75, 3.05) is 44.8 Å². The second kappa shape index (κ2) is 9.55. The van der Waals surface area contributed by atoms with E-state index in [9.17, 15) is 9.59 Å². The van der Waals surface area contributed by atoms with Crippen LogP contribution in [0.3, 0.4) is 0 Å². The van der Waals surface area contributed by atoms with Crippen molar-refractivity contribution in [2.24, 2.45) is 0 Å². The van der Waals surface area contributed by atoms with E-state index in [-0.39, 0.29) is 24.0 Å². The van der Waals surface area contributed by atoms with Crippen LogP contribution in [0.2, 0.25) is 0 Å². The summed E-state index contributed by atoms with van der Waals surface area (Å²) < 4.78 is 15.9. The molecule has 0 unspecified atom stereocenters. The number of esters is 1. The van der Waals surface area contributed by atoms with Gasteiger partial charge in [-0.25, -0.2) is 9.78 Å². The fourth-order valence-corrected chi connectivity index (χ4v) is 3.79. The molecule has 3 aromatic rings. The number of oxazole rings is 1. The number of carbonyl (C=O) groups excluding carboxylic acids is 2. The van der Waals surface area contributed by atoms with Gasteiger partial charge >= 0.3 is 5.97 Å². The molecule has 1 amide bonds. The summed E-state index contributed by atoms with van der Waals surface area (Å²) in [5.74, 6) is 0.351. The summed E-state index contributed by atoms with van der Waals surface area (Å²) >= 11 is 0. The summed E-state index contributed by atoms with van der Waals surface area (Å²) in [7, 11) is 1.65. The van der Waals surface area contributed by atoms with E-state index in [4.69, 9.17) is 13.9 Å². The first-order valence-electron chi connectivity index (χ1n) is 10.5. The first kappa shape index (κ1) is 21.4. The second-order valence-corrected chi connectivity index (χ2v) is 7.28. The molecule has 1 saturated heterocycles. The average molecular weight is 435 g/mol. The molecular weight excluding hydrogens is 410 g/mol. The van der Waals surface area contributed by atoms with Crippen LogP contribution in [0.25, 0.3) is 11.3 Å². The van der Waals surface area contributed by atoms with E-state index in [0.717, 1.165) is 11.4 Å². The molecule has 0 N–H and O–H groups in total. The molecule has 1 aliphatic rings. The smallest absolute Gasteiger partial charge is 0.360 e. The van der Waals surface area contributed by atoms with Crippen molar-refractivity contribution in [3.63, 3.8) is 0 Å². The Hall–Kier alpha value is -3.81. The van der Waals surface area contributed by atoms with Gasteiger partial charge in [0, 0.05) is 43.5 Å². The average Bonchev–Trinajstić information content (AvgIpc) is 3.34. The third-order valence-electron chi connectivity index (χ3n) is 5.42. The largest absolute Gasteiger partial charge is 0.497 e. The minimum absolute atomic E-state index is 0.0648. The van der Waals surface area contributed by atoms with Crippen molar-refractivity contribution in [2.45, 2.75) is 6.92 Å². The van der Waals surface area contributed by atoms with Crippen molar-refractivity contribution in [1.29, 1.82) is 0 Å². The third-order valence-corrected chi connectivity index (χ3v) is 5.42. The highest BCUT2D eigenvalue weighted by molar-refractivity contribution is 6.03. The number of ether oxygens (including phenoxy) is 2. The normalized spacial score (nSPS) is 13.7. The van der Waals surface area contributed by atoms with Crippen LogP contribution in [-0.4, -0.2) is 61.7 Å². The van der Waals surface area contributed by atoms with Crippen LogP contribution < -0.4 is 9.64 Å². The molecule has 0 aliphatic carbocycles. The lowest BCUT2D eigenvalue weighted by atomic mass is 10.0. The maximum Gasteiger partial charge on any atom is 0.360 e. The molecule has 1 fully saturated rings.